The lowest BCUT2D eigenvalue weighted by atomic mass is 9.90. The summed E-state index contributed by atoms with van der Waals surface area (Å²) in [7, 11) is 1.73. The zero-order valence-corrected chi connectivity index (χ0v) is 13.6. The van der Waals surface area contributed by atoms with E-state index in [1.807, 2.05) is 0 Å². The topological polar surface area (TPSA) is 68.4 Å². The number of aromatic nitrogens is 2. The molecule has 1 aliphatic rings. The van der Waals surface area contributed by atoms with Gasteiger partial charge in [-0.2, -0.15) is 4.98 Å². The minimum Gasteiger partial charge on any atom is -0.393 e. The molecule has 0 radical (unpaired) electrons. The van der Waals surface area contributed by atoms with Gasteiger partial charge in [0.05, 0.1) is 12.0 Å². The van der Waals surface area contributed by atoms with Crippen molar-refractivity contribution >= 4 is 0 Å². The van der Waals surface area contributed by atoms with Crippen molar-refractivity contribution in [3.63, 3.8) is 0 Å². The van der Waals surface area contributed by atoms with E-state index in [2.05, 4.69) is 24.0 Å². The quantitative estimate of drug-likeness (QED) is 0.844. The minimum atomic E-state index is -0.508. The van der Waals surface area contributed by atoms with Crippen molar-refractivity contribution in [1.82, 2.24) is 10.1 Å². The van der Waals surface area contributed by atoms with Gasteiger partial charge in [-0.1, -0.05) is 44.7 Å². The number of ether oxygens (including phenoxy) is 1. The third-order valence-corrected chi connectivity index (χ3v) is 4.67. The first-order valence-electron chi connectivity index (χ1n) is 8.07. The van der Waals surface area contributed by atoms with Crippen LogP contribution in [0.25, 0.3) is 0 Å². The van der Waals surface area contributed by atoms with Gasteiger partial charge in [0.25, 0.3) is 0 Å². The second-order valence-electron chi connectivity index (χ2n) is 6.58. The Morgan fingerprint density at radius 3 is 2.24 bits per heavy atom. The standard InChI is InChI=1S/C16H28N2O3/c1-11(2)13(12(3)19)14-17-15(18-21-14)16(20-4)9-7-5-6-8-10-16/h11-13,19H,5-10H2,1-4H3. The largest absolute Gasteiger partial charge is 0.393 e. The van der Waals surface area contributed by atoms with Crippen LogP contribution in [-0.4, -0.2) is 28.5 Å². The van der Waals surface area contributed by atoms with E-state index >= 15 is 0 Å². The van der Waals surface area contributed by atoms with E-state index in [1.54, 1.807) is 14.0 Å². The van der Waals surface area contributed by atoms with Crippen LogP contribution in [0.4, 0.5) is 0 Å². The number of hydrogen-bond donors (Lipinski definition) is 1. The molecular weight excluding hydrogens is 268 g/mol. The summed E-state index contributed by atoms with van der Waals surface area (Å²) in [5.74, 6) is 1.28. The highest BCUT2D eigenvalue weighted by Gasteiger charge is 2.39. The fourth-order valence-corrected chi connectivity index (χ4v) is 3.42. The average molecular weight is 296 g/mol. The Bertz CT molecular complexity index is 426. The van der Waals surface area contributed by atoms with Gasteiger partial charge in [-0.05, 0) is 25.7 Å². The Kier molecular flexibility index (Phi) is 5.38. The molecule has 0 amide bonds. The van der Waals surface area contributed by atoms with Crippen LogP contribution >= 0.6 is 0 Å². The number of methoxy groups -OCH3 is 1. The summed E-state index contributed by atoms with van der Waals surface area (Å²) in [6.45, 7) is 5.88. The maximum absolute atomic E-state index is 9.96. The SMILES string of the molecule is COC1(c2noc(C(C(C)C)C(C)O)n2)CCCCCC1. The molecular formula is C16H28N2O3. The molecule has 0 aliphatic heterocycles. The Morgan fingerprint density at radius 1 is 1.14 bits per heavy atom. The number of aliphatic hydroxyl groups is 1. The summed E-state index contributed by atoms with van der Waals surface area (Å²) in [6.07, 6.45) is 6.08. The molecule has 1 aromatic rings. The van der Waals surface area contributed by atoms with Gasteiger partial charge < -0.3 is 14.4 Å². The first kappa shape index (κ1) is 16.4. The number of nitrogens with zero attached hydrogens (tertiary/aromatic N) is 2. The second-order valence-corrected chi connectivity index (χ2v) is 6.58. The van der Waals surface area contributed by atoms with Gasteiger partial charge in [0, 0.05) is 7.11 Å². The summed E-state index contributed by atoms with van der Waals surface area (Å²) in [5.41, 5.74) is -0.418. The molecule has 1 aliphatic carbocycles. The highest BCUT2D eigenvalue weighted by Crippen LogP contribution is 2.38. The molecule has 5 nitrogen and oxygen atoms in total. The van der Waals surface area contributed by atoms with Crippen LogP contribution in [0.15, 0.2) is 4.52 Å². The molecule has 21 heavy (non-hydrogen) atoms. The molecule has 0 aromatic carbocycles. The van der Waals surface area contributed by atoms with E-state index < -0.39 is 11.7 Å². The van der Waals surface area contributed by atoms with Gasteiger partial charge in [-0.3, -0.25) is 0 Å². The first-order valence-corrected chi connectivity index (χ1v) is 8.07. The Labute approximate surface area is 127 Å². The maximum atomic E-state index is 9.96. The van der Waals surface area contributed by atoms with Gasteiger partial charge in [-0.15, -0.1) is 0 Å². The monoisotopic (exact) mass is 296 g/mol. The lowest BCUT2D eigenvalue weighted by Crippen LogP contribution is -2.29. The molecule has 0 bridgehead atoms. The molecule has 120 valence electrons. The minimum absolute atomic E-state index is 0.133. The first-order chi connectivity index (χ1) is 10.00. The van der Waals surface area contributed by atoms with Crippen molar-refractivity contribution in [3.8, 4) is 0 Å². The molecule has 0 spiro atoms. The van der Waals surface area contributed by atoms with Crippen molar-refractivity contribution in [2.24, 2.45) is 5.92 Å². The summed E-state index contributed by atoms with van der Waals surface area (Å²) in [4.78, 5) is 4.60. The molecule has 2 unspecified atom stereocenters. The van der Waals surface area contributed by atoms with E-state index in [0.717, 1.165) is 25.7 Å². The van der Waals surface area contributed by atoms with E-state index in [4.69, 9.17) is 9.26 Å². The fourth-order valence-electron chi connectivity index (χ4n) is 3.42. The van der Waals surface area contributed by atoms with E-state index in [1.165, 1.54) is 12.8 Å². The molecule has 2 atom stereocenters. The van der Waals surface area contributed by atoms with Crippen LogP contribution < -0.4 is 0 Å². The lowest BCUT2D eigenvalue weighted by Gasteiger charge is -2.27. The molecule has 1 heterocycles. The number of aliphatic hydroxyl groups excluding tert-OH is 1. The van der Waals surface area contributed by atoms with Crippen LogP contribution in [0.1, 0.15) is 76.9 Å². The van der Waals surface area contributed by atoms with E-state index in [9.17, 15) is 5.11 Å². The molecule has 0 saturated heterocycles. The van der Waals surface area contributed by atoms with Gasteiger partial charge in [-0.25, -0.2) is 0 Å². The second kappa shape index (κ2) is 6.88. The fraction of sp³-hybridized carbons (Fsp3) is 0.875. The molecule has 2 rings (SSSR count). The summed E-state index contributed by atoms with van der Waals surface area (Å²) in [6, 6.07) is 0. The van der Waals surface area contributed by atoms with Crippen LogP contribution in [0.3, 0.4) is 0 Å². The van der Waals surface area contributed by atoms with Gasteiger partial charge in [0.2, 0.25) is 11.7 Å². The Morgan fingerprint density at radius 2 is 1.76 bits per heavy atom. The molecule has 5 heteroatoms. The Hall–Kier alpha value is -0.940. The van der Waals surface area contributed by atoms with Gasteiger partial charge >= 0.3 is 0 Å². The van der Waals surface area contributed by atoms with E-state index in [-0.39, 0.29) is 11.8 Å². The average Bonchev–Trinajstić information content (AvgIpc) is 2.76. The van der Waals surface area contributed by atoms with Gasteiger partial charge in [0.1, 0.15) is 5.60 Å². The zero-order chi connectivity index (χ0) is 15.5. The zero-order valence-electron chi connectivity index (χ0n) is 13.6. The summed E-state index contributed by atoms with van der Waals surface area (Å²) in [5, 5.41) is 14.2. The van der Waals surface area contributed by atoms with Crippen molar-refractivity contribution in [1.29, 1.82) is 0 Å². The Balaban J connectivity index is 2.28. The van der Waals surface area contributed by atoms with Crippen LogP contribution in [0.5, 0.6) is 0 Å². The lowest BCUT2D eigenvalue weighted by molar-refractivity contribution is -0.0365. The van der Waals surface area contributed by atoms with Crippen molar-refractivity contribution in [2.45, 2.75) is 76.9 Å². The smallest absolute Gasteiger partial charge is 0.232 e. The highest BCUT2D eigenvalue weighted by molar-refractivity contribution is 5.06. The number of hydrogen-bond acceptors (Lipinski definition) is 5. The van der Waals surface area contributed by atoms with Crippen molar-refractivity contribution in [2.75, 3.05) is 7.11 Å². The summed E-state index contributed by atoms with van der Waals surface area (Å²) < 4.78 is 11.3. The molecule has 1 saturated carbocycles. The molecule has 1 fully saturated rings. The van der Waals surface area contributed by atoms with Crippen molar-refractivity contribution in [3.05, 3.63) is 11.7 Å². The van der Waals surface area contributed by atoms with Crippen LogP contribution in [0.2, 0.25) is 0 Å². The van der Waals surface area contributed by atoms with Crippen molar-refractivity contribution < 1.29 is 14.4 Å². The molecule has 1 N–H and O–H groups in total. The van der Waals surface area contributed by atoms with Gasteiger partial charge in [0.15, 0.2) is 0 Å². The maximum Gasteiger partial charge on any atom is 0.232 e. The third kappa shape index (κ3) is 3.46. The predicted octanol–water partition coefficient (Wildman–Crippen LogP) is 3.39. The van der Waals surface area contributed by atoms with Crippen LogP contribution in [-0.2, 0) is 10.3 Å². The van der Waals surface area contributed by atoms with Crippen LogP contribution in [0, 0.1) is 5.92 Å². The number of rotatable bonds is 5. The summed E-state index contributed by atoms with van der Waals surface area (Å²) >= 11 is 0. The van der Waals surface area contributed by atoms with E-state index in [0.29, 0.717) is 11.7 Å². The third-order valence-electron chi connectivity index (χ3n) is 4.67. The predicted molar refractivity (Wildman–Crippen MR) is 79.9 cm³/mol. The highest BCUT2D eigenvalue weighted by atomic mass is 16.5. The normalized spacial score (nSPS) is 22.0. The molecule has 1 aromatic heterocycles.